The quantitative estimate of drug-likeness (QED) is 0.630. The van der Waals surface area contributed by atoms with E-state index in [1.807, 2.05) is 6.92 Å². The highest BCUT2D eigenvalue weighted by Gasteiger charge is 2.00. The van der Waals surface area contributed by atoms with E-state index in [9.17, 15) is 13.6 Å². The van der Waals surface area contributed by atoms with Crippen LogP contribution in [0.25, 0.3) is 0 Å². The average molecular weight is 342 g/mol. The van der Waals surface area contributed by atoms with Crippen molar-refractivity contribution in [1.82, 2.24) is 4.84 Å². The van der Waals surface area contributed by atoms with Crippen molar-refractivity contribution in [3.05, 3.63) is 71.3 Å². The van der Waals surface area contributed by atoms with Crippen molar-refractivity contribution in [2.45, 2.75) is 33.2 Å². The van der Waals surface area contributed by atoms with Gasteiger partial charge in [0.25, 0.3) is 0 Å². The van der Waals surface area contributed by atoms with Crippen LogP contribution in [0.1, 0.15) is 25.5 Å². The van der Waals surface area contributed by atoms with Gasteiger partial charge in [0.1, 0.15) is 17.9 Å². The molecule has 1 N–H and O–H groups in total. The lowest BCUT2D eigenvalue weighted by atomic mass is 10.1. The second-order valence-corrected chi connectivity index (χ2v) is 5.06. The number of benzene rings is 2. The van der Waals surface area contributed by atoms with E-state index < -0.39 is 0 Å². The number of hydrogen-bond donors (Lipinski definition) is 1. The van der Waals surface area contributed by atoms with Crippen molar-refractivity contribution in [3.8, 4) is 0 Å². The van der Waals surface area contributed by atoms with Crippen molar-refractivity contribution in [3.63, 3.8) is 0 Å². The smallest absolute Gasteiger partial charge is 0.124 e. The zero-order chi connectivity index (χ0) is 16.4. The highest BCUT2D eigenvalue weighted by Crippen LogP contribution is 2.05. The summed E-state index contributed by atoms with van der Waals surface area (Å²) >= 11 is 5.41. The minimum absolute atomic E-state index is 0. The Morgan fingerprint density at radius 3 is 1.83 bits per heavy atom. The number of nitrogens with one attached hydrogen (secondary N) is 1. The molecule has 2 aromatic carbocycles. The molecule has 0 saturated heterocycles. The van der Waals surface area contributed by atoms with Crippen molar-refractivity contribution in [1.29, 1.82) is 0 Å². The normalized spacial score (nSPS) is 10.8. The van der Waals surface area contributed by atoms with Crippen LogP contribution < -0.4 is 4.84 Å². The maximum Gasteiger partial charge on any atom is 0.124 e. The predicted octanol–water partition coefficient (Wildman–Crippen LogP) is 4.70. The fourth-order valence-corrected chi connectivity index (χ4v) is 1.81. The number of aldehydes is 1. The summed E-state index contributed by atoms with van der Waals surface area (Å²) in [6.45, 7) is 1.97. The molecule has 0 aliphatic carbocycles. The van der Waals surface area contributed by atoms with Crippen LogP contribution in [0.5, 0.6) is 0 Å². The molecule has 23 heavy (non-hydrogen) atoms. The molecule has 5 heteroatoms. The Morgan fingerprint density at radius 2 is 1.43 bits per heavy atom. The van der Waals surface area contributed by atoms with Crippen LogP contribution in [0.3, 0.4) is 0 Å². The zero-order valence-electron chi connectivity index (χ0n) is 12.2. The monoisotopic (exact) mass is 341 g/mol. The molecule has 0 bridgehead atoms. The lowest BCUT2D eigenvalue weighted by Crippen LogP contribution is -2.18. The van der Waals surface area contributed by atoms with Gasteiger partial charge in [-0.05, 0) is 60.5 Å². The molecule has 1 atom stereocenters. The molecular weight excluding hydrogens is 320 g/mol. The average Bonchev–Trinajstić information content (AvgIpc) is 2.53. The SMILES string of the molecule is C.C[C@@H](Cc1ccc(F)cc1)NCl.O=CCc1ccc(F)cc1. The van der Waals surface area contributed by atoms with Gasteiger partial charge < -0.3 is 4.79 Å². The van der Waals surface area contributed by atoms with E-state index >= 15 is 0 Å². The van der Waals surface area contributed by atoms with Crippen LogP contribution in [0, 0.1) is 11.6 Å². The Labute approximate surface area is 141 Å². The van der Waals surface area contributed by atoms with E-state index in [4.69, 9.17) is 11.8 Å². The van der Waals surface area contributed by atoms with Gasteiger partial charge >= 0.3 is 0 Å². The molecule has 0 aromatic heterocycles. The van der Waals surface area contributed by atoms with Crippen LogP contribution in [-0.2, 0) is 17.6 Å². The van der Waals surface area contributed by atoms with Gasteiger partial charge in [0.05, 0.1) is 0 Å². The summed E-state index contributed by atoms with van der Waals surface area (Å²) in [6.07, 6.45) is 1.97. The molecule has 2 aromatic rings. The first-order chi connectivity index (χ1) is 10.5. The predicted molar refractivity (Wildman–Crippen MR) is 91.5 cm³/mol. The number of rotatable bonds is 5. The molecule has 2 nitrogen and oxygen atoms in total. The van der Waals surface area contributed by atoms with Gasteiger partial charge in [-0.2, -0.15) is 0 Å². The summed E-state index contributed by atoms with van der Waals surface area (Å²) in [5.74, 6) is -0.472. The van der Waals surface area contributed by atoms with Crippen molar-refractivity contribution >= 4 is 18.1 Å². The second-order valence-electron chi connectivity index (χ2n) is 4.84. The second kappa shape index (κ2) is 11.7. The van der Waals surface area contributed by atoms with Crippen molar-refractivity contribution in [2.75, 3.05) is 0 Å². The summed E-state index contributed by atoms with van der Waals surface area (Å²) in [7, 11) is 0. The lowest BCUT2D eigenvalue weighted by Gasteiger charge is -2.07. The zero-order valence-corrected chi connectivity index (χ0v) is 13.0. The largest absolute Gasteiger partial charge is 0.303 e. The molecule has 0 fully saturated rings. The van der Waals surface area contributed by atoms with Gasteiger partial charge in [-0.15, -0.1) is 0 Å². The topological polar surface area (TPSA) is 29.1 Å². The maximum absolute atomic E-state index is 12.5. The minimum atomic E-state index is -0.269. The van der Waals surface area contributed by atoms with Crippen molar-refractivity contribution in [2.24, 2.45) is 0 Å². The standard InChI is InChI=1S/C9H11ClFN.C8H7FO.CH4/c1-7(12-10)6-8-2-4-9(11)5-3-8;9-8-3-1-7(2-4-8)5-6-10;/h2-5,7,12H,6H2,1H3;1-4,6H,5H2;1H4/t7-;;/m0../s1. The lowest BCUT2D eigenvalue weighted by molar-refractivity contribution is -0.107. The molecule has 0 radical (unpaired) electrons. The number of hydrogen-bond acceptors (Lipinski definition) is 2. The van der Waals surface area contributed by atoms with Crippen LogP contribution in [0.15, 0.2) is 48.5 Å². The van der Waals surface area contributed by atoms with E-state index in [-0.39, 0.29) is 25.1 Å². The van der Waals surface area contributed by atoms with Gasteiger partial charge in [-0.25, -0.2) is 13.6 Å². The Hall–Kier alpha value is -1.78. The Kier molecular flexibility index (Phi) is 10.8. The number of halogens is 3. The fraction of sp³-hybridized carbons (Fsp3) is 0.278. The van der Waals surface area contributed by atoms with Crippen molar-refractivity contribution < 1.29 is 13.6 Å². The van der Waals surface area contributed by atoms with Gasteiger partial charge in [-0.1, -0.05) is 31.7 Å². The molecule has 0 amide bonds. The number of carbonyl (C=O) groups is 1. The van der Waals surface area contributed by atoms with Gasteiger partial charge in [-0.3, -0.25) is 0 Å². The Bertz CT molecular complexity index is 558. The van der Waals surface area contributed by atoms with E-state index in [1.54, 1.807) is 24.3 Å². The van der Waals surface area contributed by atoms with Crippen LogP contribution in [0.4, 0.5) is 8.78 Å². The molecule has 0 spiro atoms. The molecular formula is C18H22ClF2NO. The summed E-state index contributed by atoms with van der Waals surface area (Å²) < 4.78 is 24.7. The molecule has 0 heterocycles. The first-order valence-electron chi connectivity index (χ1n) is 6.84. The van der Waals surface area contributed by atoms with Gasteiger partial charge in [0.2, 0.25) is 0 Å². The minimum Gasteiger partial charge on any atom is -0.303 e. The first-order valence-corrected chi connectivity index (χ1v) is 7.21. The van der Waals surface area contributed by atoms with E-state index in [0.29, 0.717) is 6.42 Å². The third-order valence-corrected chi connectivity index (χ3v) is 3.25. The first kappa shape index (κ1) is 21.2. The number of carbonyl (C=O) groups excluding carboxylic acids is 1. The molecule has 0 saturated carbocycles. The summed E-state index contributed by atoms with van der Waals surface area (Å²) in [4.78, 5) is 12.6. The Balaban J connectivity index is 0.000000409. The van der Waals surface area contributed by atoms with Gasteiger partial charge in [0.15, 0.2) is 0 Å². The fourth-order valence-electron chi connectivity index (χ4n) is 1.73. The highest BCUT2D eigenvalue weighted by molar-refractivity contribution is 6.13. The van der Waals surface area contributed by atoms with Crippen LogP contribution in [-0.4, -0.2) is 12.3 Å². The molecule has 2 rings (SSSR count). The van der Waals surface area contributed by atoms with E-state index in [2.05, 4.69) is 4.84 Å². The summed E-state index contributed by atoms with van der Waals surface area (Å²) in [5.41, 5.74) is 1.92. The molecule has 126 valence electrons. The summed E-state index contributed by atoms with van der Waals surface area (Å²) in [5, 5.41) is 0. The third kappa shape index (κ3) is 9.06. The summed E-state index contributed by atoms with van der Waals surface area (Å²) in [6, 6.07) is 12.5. The van der Waals surface area contributed by atoms with Crippen LogP contribution in [0.2, 0.25) is 0 Å². The highest BCUT2D eigenvalue weighted by atomic mass is 35.5. The Morgan fingerprint density at radius 1 is 1.00 bits per heavy atom. The van der Waals surface area contributed by atoms with E-state index in [0.717, 1.165) is 23.8 Å². The van der Waals surface area contributed by atoms with Crippen LogP contribution >= 0.6 is 11.8 Å². The maximum atomic E-state index is 12.5. The third-order valence-electron chi connectivity index (χ3n) is 2.87. The molecule has 0 unspecified atom stereocenters. The van der Waals surface area contributed by atoms with Gasteiger partial charge in [0, 0.05) is 12.5 Å². The molecule has 0 aliphatic heterocycles. The van der Waals surface area contributed by atoms with E-state index in [1.165, 1.54) is 24.3 Å². The molecule has 0 aliphatic rings.